The number of benzene rings is 8. The zero-order valence-corrected chi connectivity index (χ0v) is 34.7. The summed E-state index contributed by atoms with van der Waals surface area (Å²) in [7, 11) is 0. The standard InChI is InChI=1S/C58H51N/c1-57(2)52-24-14-13-22-48(52)49-32-28-42(35-54(49)57)47-23-15-25-53-56(47)50-33-31-44(37-55(50)58(53,3)4)59(43-29-26-39(27-30-43)38-16-7-5-8-17-38)45-34-41-20-11-12-21-46(41)51(36-45)40-18-9-6-10-19-40/h6,9-15,18-38H,5,7-8,16-17H2,1-4H3. The average Bonchev–Trinajstić information content (AvgIpc) is 3.66. The second-order valence-corrected chi connectivity index (χ2v) is 18.4. The Labute approximate surface area is 350 Å². The third-order valence-corrected chi connectivity index (χ3v) is 14.3. The van der Waals surface area contributed by atoms with Gasteiger partial charge in [-0.05, 0) is 144 Å². The van der Waals surface area contributed by atoms with Crippen LogP contribution < -0.4 is 4.90 Å². The summed E-state index contributed by atoms with van der Waals surface area (Å²) in [5.41, 5.74) is 20.9. The molecule has 0 heterocycles. The van der Waals surface area contributed by atoms with Crippen LogP contribution in [0.3, 0.4) is 0 Å². The van der Waals surface area contributed by atoms with Crippen LogP contribution in [0.15, 0.2) is 170 Å². The summed E-state index contributed by atoms with van der Waals surface area (Å²) in [6.07, 6.45) is 6.65. The second kappa shape index (κ2) is 13.7. The molecule has 8 aromatic carbocycles. The highest BCUT2D eigenvalue weighted by Gasteiger charge is 2.39. The van der Waals surface area contributed by atoms with Crippen LogP contribution in [0.25, 0.3) is 55.3 Å². The molecule has 1 saturated carbocycles. The number of hydrogen-bond acceptors (Lipinski definition) is 1. The molecule has 59 heavy (non-hydrogen) atoms. The molecular formula is C58H51N. The summed E-state index contributed by atoms with van der Waals surface area (Å²) in [4.78, 5) is 2.50. The van der Waals surface area contributed by atoms with Gasteiger partial charge in [0, 0.05) is 27.9 Å². The Kier molecular flexibility index (Phi) is 8.35. The molecule has 0 aliphatic heterocycles. The van der Waals surface area contributed by atoms with E-state index >= 15 is 0 Å². The Bertz CT molecular complexity index is 2910. The maximum Gasteiger partial charge on any atom is 0.0474 e. The molecule has 11 rings (SSSR count). The minimum absolute atomic E-state index is 0.0484. The molecule has 0 spiro atoms. The van der Waals surface area contributed by atoms with E-state index in [0.717, 1.165) is 0 Å². The Morgan fingerprint density at radius 1 is 0.407 bits per heavy atom. The molecule has 8 aromatic rings. The van der Waals surface area contributed by atoms with E-state index in [1.807, 2.05) is 0 Å². The van der Waals surface area contributed by atoms with E-state index in [2.05, 4.69) is 202 Å². The van der Waals surface area contributed by atoms with Gasteiger partial charge in [-0.2, -0.15) is 0 Å². The maximum atomic E-state index is 2.50. The first-order chi connectivity index (χ1) is 28.8. The van der Waals surface area contributed by atoms with Crippen molar-refractivity contribution in [1.29, 1.82) is 0 Å². The summed E-state index contributed by atoms with van der Waals surface area (Å²) in [5, 5.41) is 2.51. The second-order valence-electron chi connectivity index (χ2n) is 18.4. The van der Waals surface area contributed by atoms with Crippen molar-refractivity contribution in [3.8, 4) is 44.5 Å². The van der Waals surface area contributed by atoms with Crippen molar-refractivity contribution in [2.24, 2.45) is 0 Å². The van der Waals surface area contributed by atoms with Crippen LogP contribution in [0, 0.1) is 0 Å². The van der Waals surface area contributed by atoms with Gasteiger partial charge in [-0.1, -0.05) is 174 Å². The van der Waals surface area contributed by atoms with E-state index in [-0.39, 0.29) is 10.8 Å². The monoisotopic (exact) mass is 761 g/mol. The number of hydrogen-bond donors (Lipinski definition) is 0. The lowest BCUT2D eigenvalue weighted by molar-refractivity contribution is 0.443. The first kappa shape index (κ1) is 35.9. The van der Waals surface area contributed by atoms with Crippen molar-refractivity contribution in [2.45, 2.75) is 76.5 Å². The normalized spacial score (nSPS) is 16.0. The zero-order valence-electron chi connectivity index (χ0n) is 34.7. The Hall–Kier alpha value is -6.18. The molecule has 1 nitrogen and oxygen atoms in total. The van der Waals surface area contributed by atoms with E-state index in [1.165, 1.54) is 132 Å². The fraction of sp³-hybridized carbons (Fsp3) is 0.207. The molecule has 3 aliphatic rings. The molecule has 288 valence electrons. The lowest BCUT2D eigenvalue weighted by Crippen LogP contribution is -2.16. The van der Waals surface area contributed by atoms with Gasteiger partial charge in [0.1, 0.15) is 0 Å². The van der Waals surface area contributed by atoms with Gasteiger partial charge in [0.25, 0.3) is 0 Å². The summed E-state index contributed by atoms with van der Waals surface area (Å²) in [6, 6.07) is 64.5. The van der Waals surface area contributed by atoms with Gasteiger partial charge in [0.2, 0.25) is 0 Å². The molecule has 0 unspecified atom stereocenters. The minimum atomic E-state index is -0.183. The fourth-order valence-electron chi connectivity index (χ4n) is 11.1. The quantitative estimate of drug-likeness (QED) is 0.163. The highest BCUT2D eigenvalue weighted by Crippen LogP contribution is 2.55. The lowest BCUT2D eigenvalue weighted by Gasteiger charge is -2.29. The van der Waals surface area contributed by atoms with Gasteiger partial charge in [-0.15, -0.1) is 0 Å². The van der Waals surface area contributed by atoms with Crippen molar-refractivity contribution in [3.05, 3.63) is 198 Å². The van der Waals surface area contributed by atoms with Gasteiger partial charge in [-0.25, -0.2) is 0 Å². The van der Waals surface area contributed by atoms with Crippen LogP contribution in [0.4, 0.5) is 17.1 Å². The van der Waals surface area contributed by atoms with E-state index < -0.39 is 0 Å². The summed E-state index contributed by atoms with van der Waals surface area (Å²) in [6.45, 7) is 9.59. The van der Waals surface area contributed by atoms with Gasteiger partial charge in [0.15, 0.2) is 0 Å². The number of fused-ring (bicyclic) bond motifs is 7. The minimum Gasteiger partial charge on any atom is -0.310 e. The predicted octanol–water partition coefficient (Wildman–Crippen LogP) is 16.3. The van der Waals surface area contributed by atoms with Gasteiger partial charge < -0.3 is 4.90 Å². The Balaban J connectivity index is 1.06. The fourth-order valence-corrected chi connectivity index (χ4v) is 11.1. The highest BCUT2D eigenvalue weighted by atomic mass is 15.1. The first-order valence-corrected chi connectivity index (χ1v) is 21.8. The van der Waals surface area contributed by atoms with Crippen LogP contribution in [0.5, 0.6) is 0 Å². The van der Waals surface area contributed by atoms with Gasteiger partial charge in [-0.3, -0.25) is 0 Å². The van der Waals surface area contributed by atoms with Gasteiger partial charge in [0.05, 0.1) is 0 Å². The third kappa shape index (κ3) is 5.73. The predicted molar refractivity (Wildman–Crippen MR) is 250 cm³/mol. The average molecular weight is 762 g/mol. The maximum absolute atomic E-state index is 2.50. The molecule has 0 aromatic heterocycles. The molecule has 0 atom stereocenters. The van der Waals surface area contributed by atoms with Crippen LogP contribution in [0.1, 0.15) is 93.5 Å². The SMILES string of the molecule is CC1(C)c2ccccc2-c2ccc(-c3cccc4c3-c3ccc(N(c5ccc(C6CCCCC6)cc5)c5cc(-c6ccccc6)c6ccccc6c5)cc3C4(C)C)cc21. The number of anilines is 3. The Morgan fingerprint density at radius 3 is 1.88 bits per heavy atom. The van der Waals surface area contributed by atoms with Crippen molar-refractivity contribution >= 4 is 27.8 Å². The third-order valence-electron chi connectivity index (χ3n) is 14.3. The molecule has 0 bridgehead atoms. The summed E-state index contributed by atoms with van der Waals surface area (Å²) in [5.74, 6) is 0.664. The number of nitrogens with zero attached hydrogens (tertiary/aromatic N) is 1. The van der Waals surface area contributed by atoms with E-state index in [1.54, 1.807) is 0 Å². The van der Waals surface area contributed by atoms with Crippen molar-refractivity contribution in [1.82, 2.24) is 0 Å². The zero-order chi connectivity index (χ0) is 39.9. The molecule has 0 radical (unpaired) electrons. The van der Waals surface area contributed by atoms with E-state index in [9.17, 15) is 0 Å². The van der Waals surface area contributed by atoms with Gasteiger partial charge >= 0.3 is 0 Å². The summed E-state index contributed by atoms with van der Waals surface area (Å²) < 4.78 is 0. The van der Waals surface area contributed by atoms with Crippen molar-refractivity contribution in [3.63, 3.8) is 0 Å². The highest BCUT2D eigenvalue weighted by molar-refractivity contribution is 6.01. The van der Waals surface area contributed by atoms with Crippen molar-refractivity contribution in [2.75, 3.05) is 4.90 Å². The van der Waals surface area contributed by atoms with Crippen LogP contribution in [0.2, 0.25) is 0 Å². The van der Waals surface area contributed by atoms with E-state index in [0.29, 0.717) is 5.92 Å². The topological polar surface area (TPSA) is 3.24 Å². The number of rotatable bonds is 6. The molecule has 1 fully saturated rings. The van der Waals surface area contributed by atoms with E-state index in [4.69, 9.17) is 0 Å². The van der Waals surface area contributed by atoms with Crippen LogP contribution >= 0.6 is 0 Å². The molecular weight excluding hydrogens is 711 g/mol. The smallest absolute Gasteiger partial charge is 0.0474 e. The first-order valence-electron chi connectivity index (χ1n) is 21.8. The molecule has 0 N–H and O–H groups in total. The largest absolute Gasteiger partial charge is 0.310 e. The molecule has 3 aliphatic carbocycles. The van der Waals surface area contributed by atoms with Crippen LogP contribution in [-0.2, 0) is 10.8 Å². The summed E-state index contributed by atoms with van der Waals surface area (Å²) >= 11 is 0. The molecule has 0 saturated heterocycles. The lowest BCUT2D eigenvalue weighted by atomic mass is 9.80. The Morgan fingerprint density at radius 2 is 1.05 bits per heavy atom. The molecule has 0 amide bonds. The van der Waals surface area contributed by atoms with Crippen molar-refractivity contribution < 1.29 is 0 Å². The van der Waals surface area contributed by atoms with Crippen LogP contribution in [-0.4, -0.2) is 0 Å². The molecule has 1 heteroatoms.